The normalized spacial score (nSPS) is 15.2. The summed E-state index contributed by atoms with van der Waals surface area (Å²) in [5.41, 5.74) is -0.330. The SMILES string of the molecule is CC(C)(C)NCC(COc1nsnc1N1CCOCC1)OC(=O)C(OC(=O)c1ccccc1)C(OC(=O)c1ccccc1)C(=O)O. The van der Waals surface area contributed by atoms with Crippen LogP contribution in [0.25, 0.3) is 0 Å². The number of ether oxygens (including phenoxy) is 5. The molecule has 0 saturated carbocycles. The van der Waals surface area contributed by atoms with Gasteiger partial charge in [0.2, 0.25) is 18.0 Å². The fraction of sp³-hybridized carbons (Fsp3) is 0.419. The summed E-state index contributed by atoms with van der Waals surface area (Å²) in [7, 11) is 0. The van der Waals surface area contributed by atoms with Gasteiger partial charge in [-0.15, -0.1) is 4.37 Å². The van der Waals surface area contributed by atoms with Crippen LogP contribution in [0.4, 0.5) is 5.82 Å². The van der Waals surface area contributed by atoms with Gasteiger partial charge in [0, 0.05) is 25.2 Å². The third-order valence-electron chi connectivity index (χ3n) is 6.54. The van der Waals surface area contributed by atoms with E-state index in [0.717, 1.165) is 11.7 Å². The van der Waals surface area contributed by atoms with Gasteiger partial charge in [0.15, 0.2) is 0 Å². The Morgan fingerprint density at radius 2 is 1.46 bits per heavy atom. The van der Waals surface area contributed by atoms with E-state index >= 15 is 0 Å². The topological polar surface area (TPSA) is 176 Å². The molecular weight excluding hydrogens is 620 g/mol. The molecule has 2 aromatic carbocycles. The molecule has 4 rings (SSSR count). The van der Waals surface area contributed by atoms with Crippen LogP contribution in [0.15, 0.2) is 60.7 Å². The average Bonchev–Trinajstić information content (AvgIpc) is 3.53. The lowest BCUT2D eigenvalue weighted by molar-refractivity contribution is -0.175. The van der Waals surface area contributed by atoms with E-state index in [-0.39, 0.29) is 30.2 Å². The molecule has 1 aliphatic heterocycles. The number of morpholine rings is 1. The van der Waals surface area contributed by atoms with Crippen molar-refractivity contribution in [1.29, 1.82) is 0 Å². The van der Waals surface area contributed by atoms with Crippen molar-refractivity contribution >= 4 is 41.4 Å². The van der Waals surface area contributed by atoms with Crippen LogP contribution in [0, 0.1) is 0 Å². The number of benzene rings is 2. The first-order chi connectivity index (χ1) is 22.0. The maximum Gasteiger partial charge on any atom is 0.352 e. The van der Waals surface area contributed by atoms with Gasteiger partial charge in [-0.1, -0.05) is 36.4 Å². The largest absolute Gasteiger partial charge is 0.478 e. The van der Waals surface area contributed by atoms with Crippen LogP contribution in [0.3, 0.4) is 0 Å². The first kappa shape index (κ1) is 34.3. The lowest BCUT2D eigenvalue weighted by Gasteiger charge is -2.29. The average molecular weight is 657 g/mol. The second-order valence-corrected chi connectivity index (χ2v) is 11.7. The highest BCUT2D eigenvalue weighted by atomic mass is 32.1. The highest BCUT2D eigenvalue weighted by Crippen LogP contribution is 2.26. The maximum atomic E-state index is 13.7. The van der Waals surface area contributed by atoms with Gasteiger partial charge < -0.3 is 39.0 Å². The van der Waals surface area contributed by atoms with Crippen LogP contribution < -0.4 is 15.0 Å². The van der Waals surface area contributed by atoms with Gasteiger partial charge in [-0.3, -0.25) is 0 Å². The molecule has 3 unspecified atom stereocenters. The molecule has 1 aromatic heterocycles. The number of carbonyl (C=O) groups excluding carboxylic acids is 3. The van der Waals surface area contributed by atoms with Crippen molar-refractivity contribution in [2.24, 2.45) is 0 Å². The standard InChI is InChI=1S/C31H36N4O10S/c1-31(2,3)32-18-22(19-42-26-25(33-46-34-26)35-14-16-41-17-15-35)43-30(40)24(45-29(39)21-12-8-5-9-13-21)23(27(36)37)44-28(38)20-10-6-4-7-11-20/h4-13,22-24,32H,14-19H2,1-3H3,(H,36,37). The molecule has 3 aromatic rings. The third-order valence-corrected chi connectivity index (χ3v) is 7.04. The summed E-state index contributed by atoms with van der Waals surface area (Å²) in [6, 6.07) is 15.2. The van der Waals surface area contributed by atoms with Crippen molar-refractivity contribution < 1.29 is 48.0 Å². The van der Waals surface area contributed by atoms with Crippen LogP contribution in [-0.2, 0) is 28.5 Å². The summed E-state index contributed by atoms with van der Waals surface area (Å²) >= 11 is 0.962. The van der Waals surface area contributed by atoms with Crippen molar-refractivity contribution in [3.63, 3.8) is 0 Å². The van der Waals surface area contributed by atoms with Gasteiger partial charge in [0.25, 0.3) is 5.88 Å². The Morgan fingerprint density at radius 3 is 2.00 bits per heavy atom. The Balaban J connectivity index is 1.57. The van der Waals surface area contributed by atoms with E-state index in [1.54, 1.807) is 36.4 Å². The molecule has 0 bridgehead atoms. The third kappa shape index (κ3) is 9.95. The zero-order chi connectivity index (χ0) is 33.1. The zero-order valence-corrected chi connectivity index (χ0v) is 26.4. The van der Waals surface area contributed by atoms with E-state index in [2.05, 4.69) is 14.1 Å². The number of nitrogens with zero attached hydrogens (tertiary/aromatic N) is 3. The molecule has 1 fully saturated rings. The van der Waals surface area contributed by atoms with Gasteiger partial charge in [-0.05, 0) is 45.0 Å². The number of hydrogen-bond donors (Lipinski definition) is 2. The molecule has 246 valence electrons. The van der Waals surface area contributed by atoms with Crippen LogP contribution in [0.5, 0.6) is 5.88 Å². The smallest absolute Gasteiger partial charge is 0.352 e. The van der Waals surface area contributed by atoms with Crippen LogP contribution >= 0.6 is 11.7 Å². The summed E-state index contributed by atoms with van der Waals surface area (Å²) in [6.45, 7) is 7.81. The lowest BCUT2D eigenvalue weighted by Crippen LogP contribution is -2.50. The van der Waals surface area contributed by atoms with Crippen LogP contribution in [-0.4, -0.2) is 101 Å². The number of aliphatic carboxylic acids is 1. The monoisotopic (exact) mass is 656 g/mol. The number of anilines is 1. The van der Waals surface area contributed by atoms with Crippen LogP contribution in [0.2, 0.25) is 0 Å². The molecule has 2 N–H and O–H groups in total. The number of rotatable bonds is 14. The quantitative estimate of drug-likeness (QED) is 0.191. The zero-order valence-electron chi connectivity index (χ0n) is 25.6. The number of esters is 3. The van der Waals surface area contributed by atoms with E-state index in [9.17, 15) is 24.3 Å². The number of carboxylic acid groups (broad SMARTS) is 1. The van der Waals surface area contributed by atoms with E-state index in [4.69, 9.17) is 23.7 Å². The van der Waals surface area contributed by atoms with E-state index in [1.165, 1.54) is 24.3 Å². The molecule has 0 spiro atoms. The molecule has 3 atom stereocenters. The molecular formula is C31H36N4O10S. The minimum absolute atomic E-state index is 0.0313. The van der Waals surface area contributed by atoms with Crippen molar-refractivity contribution in [2.75, 3.05) is 44.4 Å². The molecule has 0 radical (unpaired) electrons. The Kier molecular flexibility index (Phi) is 12.0. The number of carboxylic acids is 1. The summed E-state index contributed by atoms with van der Waals surface area (Å²) in [4.78, 5) is 53.9. The van der Waals surface area contributed by atoms with Crippen molar-refractivity contribution in [3.05, 3.63) is 71.8 Å². The highest BCUT2D eigenvalue weighted by molar-refractivity contribution is 6.99. The highest BCUT2D eigenvalue weighted by Gasteiger charge is 2.43. The van der Waals surface area contributed by atoms with Crippen molar-refractivity contribution in [1.82, 2.24) is 14.1 Å². The van der Waals surface area contributed by atoms with Crippen molar-refractivity contribution in [3.8, 4) is 5.88 Å². The van der Waals surface area contributed by atoms with Gasteiger partial charge in [0.05, 0.1) is 36.1 Å². The number of nitrogens with one attached hydrogen (secondary N) is 1. The number of carbonyl (C=O) groups is 4. The first-order valence-corrected chi connectivity index (χ1v) is 15.2. The summed E-state index contributed by atoms with van der Waals surface area (Å²) in [5, 5.41) is 13.3. The Morgan fingerprint density at radius 1 is 0.891 bits per heavy atom. The number of aromatic nitrogens is 2. The molecule has 15 heteroatoms. The van der Waals surface area contributed by atoms with Gasteiger partial charge in [-0.2, -0.15) is 4.37 Å². The summed E-state index contributed by atoms with van der Waals surface area (Å²) < 4.78 is 36.2. The molecule has 14 nitrogen and oxygen atoms in total. The molecule has 1 saturated heterocycles. The minimum Gasteiger partial charge on any atom is -0.478 e. The fourth-order valence-electron chi connectivity index (χ4n) is 4.18. The van der Waals surface area contributed by atoms with E-state index < -0.39 is 47.7 Å². The molecule has 1 aliphatic rings. The number of hydrogen-bond acceptors (Lipinski definition) is 14. The van der Waals surface area contributed by atoms with Gasteiger partial charge in [0.1, 0.15) is 12.7 Å². The predicted molar refractivity (Wildman–Crippen MR) is 165 cm³/mol. The Hall–Kier alpha value is -4.60. The molecule has 46 heavy (non-hydrogen) atoms. The molecule has 0 amide bonds. The first-order valence-electron chi connectivity index (χ1n) is 14.5. The predicted octanol–water partition coefficient (Wildman–Crippen LogP) is 2.59. The van der Waals surface area contributed by atoms with Gasteiger partial charge in [-0.25, -0.2) is 19.2 Å². The van der Waals surface area contributed by atoms with Crippen molar-refractivity contribution in [2.45, 2.75) is 44.6 Å². The minimum atomic E-state index is -2.24. The molecule has 0 aliphatic carbocycles. The van der Waals surface area contributed by atoms with Gasteiger partial charge >= 0.3 is 23.9 Å². The second kappa shape index (κ2) is 16.1. The Labute approximate surface area is 269 Å². The second-order valence-electron chi connectivity index (χ2n) is 11.2. The fourth-order valence-corrected chi connectivity index (χ4v) is 4.70. The Bertz CT molecular complexity index is 1460. The summed E-state index contributed by atoms with van der Waals surface area (Å²) in [5.74, 6) is -4.29. The summed E-state index contributed by atoms with van der Waals surface area (Å²) in [6.07, 6.45) is -5.43. The van der Waals surface area contributed by atoms with Crippen LogP contribution in [0.1, 0.15) is 41.5 Å². The van der Waals surface area contributed by atoms with E-state index in [1.807, 2.05) is 25.7 Å². The maximum absolute atomic E-state index is 13.7. The lowest BCUT2D eigenvalue weighted by atomic mass is 10.1. The van der Waals surface area contributed by atoms with E-state index in [0.29, 0.717) is 32.1 Å². The molecule has 2 heterocycles.